The summed E-state index contributed by atoms with van der Waals surface area (Å²) in [5.41, 5.74) is -0.250. The zero-order valence-electron chi connectivity index (χ0n) is 9.39. The fourth-order valence-electron chi connectivity index (χ4n) is 1.71. The number of aryl methyl sites for hydroxylation is 2. The number of nitrogen functional groups attached to an aromatic ring is 1. The van der Waals surface area contributed by atoms with E-state index >= 15 is 0 Å². The predicted molar refractivity (Wildman–Crippen MR) is 59.7 cm³/mol. The van der Waals surface area contributed by atoms with Gasteiger partial charge in [0.25, 0.3) is 5.56 Å². The Balaban J connectivity index is 3.13. The van der Waals surface area contributed by atoms with Gasteiger partial charge in [0, 0.05) is 20.5 Å². The van der Waals surface area contributed by atoms with Crippen molar-refractivity contribution < 1.29 is 0 Å². The zero-order chi connectivity index (χ0) is 12.0. The van der Waals surface area contributed by atoms with Crippen LogP contribution in [0.4, 0.5) is 0 Å². The molecule has 2 rings (SSSR count). The lowest BCUT2D eigenvalue weighted by atomic mass is 10.5. The second kappa shape index (κ2) is 3.22. The Hall–Kier alpha value is -2.05. The Morgan fingerprint density at radius 1 is 1.25 bits per heavy atom. The second-order valence-corrected chi connectivity index (χ2v) is 3.63. The number of fused-ring (bicyclic) bond motifs is 1. The number of hydrogen-bond donors (Lipinski definition) is 1. The average molecular weight is 223 g/mol. The Morgan fingerprint density at radius 2 is 1.88 bits per heavy atom. The molecule has 86 valence electrons. The Kier molecular flexibility index (Phi) is 2.11. The van der Waals surface area contributed by atoms with Crippen LogP contribution in [0.25, 0.3) is 11.2 Å². The summed E-state index contributed by atoms with van der Waals surface area (Å²) in [6.07, 6.45) is 0.600. The van der Waals surface area contributed by atoms with Crippen molar-refractivity contribution in [1.82, 2.24) is 18.8 Å². The molecule has 0 saturated heterocycles. The zero-order valence-corrected chi connectivity index (χ0v) is 9.39. The summed E-state index contributed by atoms with van der Waals surface area (Å²) in [5, 5.41) is 0. The molecule has 2 heterocycles. The minimum atomic E-state index is -0.423. The average Bonchev–Trinajstić information content (AvgIpc) is 2.61. The van der Waals surface area contributed by atoms with Crippen LogP contribution in [-0.2, 0) is 20.5 Å². The van der Waals surface area contributed by atoms with Crippen molar-refractivity contribution in [1.29, 1.82) is 0 Å². The largest absolute Gasteiger partial charge is 0.337 e. The monoisotopic (exact) mass is 223 g/mol. The summed E-state index contributed by atoms with van der Waals surface area (Å²) < 4.78 is 3.59. The van der Waals surface area contributed by atoms with Crippen LogP contribution in [0, 0.1) is 0 Å². The van der Waals surface area contributed by atoms with Gasteiger partial charge in [0.05, 0.1) is 0 Å². The molecule has 0 aliphatic heterocycles. The van der Waals surface area contributed by atoms with Gasteiger partial charge in [0.2, 0.25) is 0 Å². The summed E-state index contributed by atoms with van der Waals surface area (Å²) >= 11 is 0. The Labute approximate surface area is 90.7 Å². The molecule has 0 amide bonds. The third-order valence-electron chi connectivity index (χ3n) is 2.68. The van der Waals surface area contributed by atoms with Crippen molar-refractivity contribution in [2.24, 2.45) is 14.1 Å². The van der Waals surface area contributed by atoms with Crippen LogP contribution in [0.15, 0.2) is 9.59 Å². The maximum Gasteiger partial charge on any atom is 0.332 e. The molecule has 7 nitrogen and oxygen atoms in total. The Morgan fingerprint density at radius 3 is 2.44 bits per heavy atom. The number of hydrogen-bond acceptors (Lipinski definition) is 4. The summed E-state index contributed by atoms with van der Waals surface area (Å²) in [6, 6.07) is 0. The highest BCUT2D eigenvalue weighted by Crippen LogP contribution is 2.07. The molecule has 0 aromatic carbocycles. The van der Waals surface area contributed by atoms with Gasteiger partial charge < -0.3 is 5.84 Å². The first-order chi connectivity index (χ1) is 7.49. The van der Waals surface area contributed by atoms with Crippen LogP contribution in [0.3, 0.4) is 0 Å². The Bertz CT molecular complexity index is 676. The van der Waals surface area contributed by atoms with Gasteiger partial charge in [-0.2, -0.15) is 0 Å². The normalized spacial score (nSPS) is 11.2. The minimum absolute atomic E-state index is 0.251. The highest BCUT2D eigenvalue weighted by atomic mass is 16.2. The van der Waals surface area contributed by atoms with Crippen LogP contribution >= 0.6 is 0 Å². The van der Waals surface area contributed by atoms with Crippen molar-refractivity contribution >= 4 is 11.2 Å². The minimum Gasteiger partial charge on any atom is -0.337 e. The van der Waals surface area contributed by atoms with Gasteiger partial charge in [0.1, 0.15) is 5.82 Å². The molecule has 0 aliphatic rings. The molecule has 0 fully saturated rings. The molecule has 0 atom stereocenters. The first kappa shape index (κ1) is 10.5. The van der Waals surface area contributed by atoms with Crippen LogP contribution in [0.1, 0.15) is 12.7 Å². The number of nitrogens with zero attached hydrogens (tertiary/aromatic N) is 4. The van der Waals surface area contributed by atoms with Gasteiger partial charge in [-0.1, -0.05) is 6.92 Å². The standard InChI is InChI=1S/C9H13N5O2/c1-4-5-11-7-6(14(5)10)8(15)13(3)9(16)12(7)2/h4,10H2,1-3H3. The van der Waals surface area contributed by atoms with Crippen molar-refractivity contribution in [2.75, 3.05) is 5.84 Å². The SMILES string of the molecule is CCc1nc2c(c(=O)n(C)c(=O)n2C)n1N. The maximum absolute atomic E-state index is 11.9. The molecule has 7 heteroatoms. The molecule has 16 heavy (non-hydrogen) atoms. The van der Waals surface area contributed by atoms with E-state index in [1.165, 1.54) is 16.3 Å². The van der Waals surface area contributed by atoms with E-state index in [9.17, 15) is 9.59 Å². The lowest BCUT2D eigenvalue weighted by Gasteiger charge is -2.02. The van der Waals surface area contributed by atoms with Gasteiger partial charge in [-0.25, -0.2) is 14.5 Å². The third-order valence-corrected chi connectivity index (χ3v) is 2.68. The first-order valence-corrected chi connectivity index (χ1v) is 4.91. The van der Waals surface area contributed by atoms with E-state index < -0.39 is 11.2 Å². The fourth-order valence-corrected chi connectivity index (χ4v) is 1.71. The van der Waals surface area contributed by atoms with Gasteiger partial charge in [-0.15, -0.1) is 0 Å². The van der Waals surface area contributed by atoms with Crippen molar-refractivity contribution in [3.63, 3.8) is 0 Å². The topological polar surface area (TPSA) is 87.8 Å². The third kappa shape index (κ3) is 1.11. The van der Waals surface area contributed by atoms with Crippen molar-refractivity contribution in [3.05, 3.63) is 26.7 Å². The lowest BCUT2D eigenvalue weighted by molar-refractivity contribution is 0.707. The lowest BCUT2D eigenvalue weighted by Crippen LogP contribution is -2.38. The number of rotatable bonds is 1. The molecule has 2 aromatic heterocycles. The maximum atomic E-state index is 11.9. The molecule has 0 bridgehead atoms. The smallest absolute Gasteiger partial charge is 0.332 e. The molecule has 2 aromatic rings. The fraction of sp³-hybridized carbons (Fsp3) is 0.444. The highest BCUT2D eigenvalue weighted by Gasteiger charge is 2.16. The van der Waals surface area contributed by atoms with Crippen molar-refractivity contribution in [2.45, 2.75) is 13.3 Å². The number of aromatic nitrogens is 4. The van der Waals surface area contributed by atoms with Crippen LogP contribution in [0.5, 0.6) is 0 Å². The first-order valence-electron chi connectivity index (χ1n) is 4.91. The van der Waals surface area contributed by atoms with E-state index in [2.05, 4.69) is 4.98 Å². The molecule has 0 spiro atoms. The molecular weight excluding hydrogens is 210 g/mol. The number of imidazole rings is 1. The summed E-state index contributed by atoms with van der Waals surface area (Å²) in [5.74, 6) is 6.34. The van der Waals surface area contributed by atoms with Crippen LogP contribution < -0.4 is 17.1 Å². The van der Waals surface area contributed by atoms with E-state index in [0.29, 0.717) is 17.9 Å². The summed E-state index contributed by atoms with van der Waals surface area (Å²) in [4.78, 5) is 27.7. The molecule has 0 radical (unpaired) electrons. The molecular formula is C9H13N5O2. The predicted octanol–water partition coefficient (Wildman–Crippen LogP) is -1.29. The van der Waals surface area contributed by atoms with E-state index in [-0.39, 0.29) is 5.52 Å². The summed E-state index contributed by atoms with van der Waals surface area (Å²) in [6.45, 7) is 1.88. The van der Waals surface area contributed by atoms with E-state index in [1.54, 1.807) is 7.05 Å². The van der Waals surface area contributed by atoms with Gasteiger partial charge in [-0.05, 0) is 0 Å². The molecule has 0 saturated carbocycles. The molecule has 0 unspecified atom stereocenters. The molecule has 2 N–H and O–H groups in total. The molecule has 0 aliphatic carbocycles. The van der Waals surface area contributed by atoms with Gasteiger partial charge >= 0.3 is 5.69 Å². The van der Waals surface area contributed by atoms with E-state index in [4.69, 9.17) is 5.84 Å². The second-order valence-electron chi connectivity index (χ2n) is 3.63. The number of nitrogens with two attached hydrogens (primary N) is 1. The van der Waals surface area contributed by atoms with Gasteiger partial charge in [-0.3, -0.25) is 13.9 Å². The van der Waals surface area contributed by atoms with E-state index in [0.717, 1.165) is 4.57 Å². The highest BCUT2D eigenvalue weighted by molar-refractivity contribution is 5.71. The van der Waals surface area contributed by atoms with Crippen LogP contribution in [-0.4, -0.2) is 18.8 Å². The van der Waals surface area contributed by atoms with Crippen LogP contribution in [0.2, 0.25) is 0 Å². The van der Waals surface area contributed by atoms with Crippen molar-refractivity contribution in [3.8, 4) is 0 Å². The van der Waals surface area contributed by atoms with E-state index in [1.807, 2.05) is 6.92 Å². The summed E-state index contributed by atoms with van der Waals surface area (Å²) in [7, 11) is 2.99. The quantitative estimate of drug-likeness (QED) is 0.609. The van der Waals surface area contributed by atoms with Gasteiger partial charge in [0.15, 0.2) is 11.2 Å².